The van der Waals surface area contributed by atoms with Crippen molar-refractivity contribution in [1.29, 1.82) is 0 Å². The van der Waals surface area contributed by atoms with E-state index in [2.05, 4.69) is 35.9 Å². The molecule has 5 nitrogen and oxygen atoms in total. The molecule has 136 valence electrons. The van der Waals surface area contributed by atoms with Crippen LogP contribution in [0.1, 0.15) is 19.4 Å². The predicted molar refractivity (Wildman–Crippen MR) is 108 cm³/mol. The molecule has 0 saturated carbocycles. The van der Waals surface area contributed by atoms with Gasteiger partial charge in [-0.15, -0.1) is 0 Å². The maximum Gasteiger partial charge on any atom is 0.319 e. The Morgan fingerprint density at radius 3 is 2.65 bits per heavy atom. The minimum Gasteiger partial charge on any atom is -0.338 e. The van der Waals surface area contributed by atoms with Crippen molar-refractivity contribution in [2.24, 2.45) is 5.92 Å². The van der Waals surface area contributed by atoms with Crippen molar-refractivity contribution < 1.29 is 4.79 Å². The highest BCUT2D eigenvalue weighted by molar-refractivity contribution is 7.07. The number of urea groups is 1. The van der Waals surface area contributed by atoms with Crippen LogP contribution in [0.5, 0.6) is 0 Å². The summed E-state index contributed by atoms with van der Waals surface area (Å²) in [6.07, 6.45) is 2.54. The van der Waals surface area contributed by atoms with Crippen LogP contribution in [0, 0.1) is 5.92 Å². The van der Waals surface area contributed by atoms with Crippen LogP contribution in [0.3, 0.4) is 0 Å². The van der Waals surface area contributed by atoms with Gasteiger partial charge in [-0.3, -0.25) is 4.79 Å². The first-order valence-electron chi connectivity index (χ1n) is 8.72. The highest BCUT2D eigenvalue weighted by Crippen LogP contribution is 2.20. The van der Waals surface area contributed by atoms with E-state index in [-0.39, 0.29) is 11.6 Å². The van der Waals surface area contributed by atoms with Crippen molar-refractivity contribution >= 4 is 33.8 Å². The Balaban J connectivity index is 1.78. The SMILES string of the molecule is CC(C)Cn1cc(NC(=O)NCCc2ccsc2)c2ccccc2c1=O. The molecule has 0 aliphatic rings. The molecule has 0 unspecified atom stereocenters. The largest absolute Gasteiger partial charge is 0.338 e. The summed E-state index contributed by atoms with van der Waals surface area (Å²) in [4.78, 5) is 24.9. The number of thiophene rings is 1. The number of nitrogens with one attached hydrogen (secondary N) is 2. The number of hydrogen-bond donors (Lipinski definition) is 2. The Hall–Kier alpha value is -2.60. The van der Waals surface area contributed by atoms with Crippen molar-refractivity contribution in [2.75, 3.05) is 11.9 Å². The number of fused-ring (bicyclic) bond motifs is 1. The van der Waals surface area contributed by atoms with Crippen molar-refractivity contribution in [3.05, 3.63) is 63.2 Å². The van der Waals surface area contributed by atoms with Gasteiger partial charge in [0.25, 0.3) is 5.56 Å². The first kappa shape index (κ1) is 18.2. The highest BCUT2D eigenvalue weighted by atomic mass is 32.1. The van der Waals surface area contributed by atoms with Gasteiger partial charge < -0.3 is 15.2 Å². The molecule has 1 aromatic carbocycles. The second-order valence-corrected chi connectivity index (χ2v) is 7.48. The number of rotatable bonds is 6. The molecule has 0 fully saturated rings. The van der Waals surface area contributed by atoms with Crippen molar-refractivity contribution in [1.82, 2.24) is 9.88 Å². The normalized spacial score (nSPS) is 11.0. The topological polar surface area (TPSA) is 63.1 Å². The molecule has 2 N–H and O–H groups in total. The van der Waals surface area contributed by atoms with E-state index in [0.29, 0.717) is 30.1 Å². The zero-order valence-electron chi connectivity index (χ0n) is 15.0. The van der Waals surface area contributed by atoms with E-state index >= 15 is 0 Å². The van der Waals surface area contributed by atoms with Crippen molar-refractivity contribution in [3.8, 4) is 0 Å². The lowest BCUT2D eigenvalue weighted by molar-refractivity contribution is 0.252. The Morgan fingerprint density at radius 2 is 1.96 bits per heavy atom. The highest BCUT2D eigenvalue weighted by Gasteiger charge is 2.11. The van der Waals surface area contributed by atoms with Crippen LogP contribution in [-0.2, 0) is 13.0 Å². The Bertz CT molecular complexity index is 945. The fraction of sp³-hybridized carbons (Fsp3) is 0.300. The van der Waals surface area contributed by atoms with Crippen LogP contribution in [0.2, 0.25) is 0 Å². The molecule has 0 atom stereocenters. The average molecular weight is 369 g/mol. The van der Waals surface area contributed by atoms with Gasteiger partial charge in [0.05, 0.1) is 5.69 Å². The van der Waals surface area contributed by atoms with E-state index in [1.807, 2.05) is 23.6 Å². The summed E-state index contributed by atoms with van der Waals surface area (Å²) in [7, 11) is 0. The maximum absolute atomic E-state index is 12.6. The number of amides is 2. The lowest BCUT2D eigenvalue weighted by Crippen LogP contribution is -2.31. The Morgan fingerprint density at radius 1 is 1.19 bits per heavy atom. The molecule has 0 radical (unpaired) electrons. The summed E-state index contributed by atoms with van der Waals surface area (Å²) < 4.78 is 1.67. The van der Waals surface area contributed by atoms with E-state index in [1.54, 1.807) is 28.2 Å². The number of pyridine rings is 1. The number of carbonyl (C=O) groups excluding carboxylic acids is 1. The molecule has 3 rings (SSSR count). The lowest BCUT2D eigenvalue weighted by atomic mass is 10.1. The molecule has 0 aliphatic heterocycles. The van der Waals surface area contributed by atoms with Crippen LogP contribution in [-0.4, -0.2) is 17.1 Å². The molecule has 26 heavy (non-hydrogen) atoms. The Labute approximate surface area is 156 Å². The van der Waals surface area contributed by atoms with Gasteiger partial charge in [-0.25, -0.2) is 4.79 Å². The van der Waals surface area contributed by atoms with Gasteiger partial charge in [-0.05, 0) is 40.8 Å². The number of hydrogen-bond acceptors (Lipinski definition) is 3. The van der Waals surface area contributed by atoms with Crippen LogP contribution >= 0.6 is 11.3 Å². The Kier molecular flexibility index (Phi) is 5.73. The van der Waals surface area contributed by atoms with Gasteiger partial charge in [-0.1, -0.05) is 32.0 Å². The summed E-state index contributed by atoms with van der Waals surface area (Å²) in [6, 6.07) is 9.16. The van der Waals surface area contributed by atoms with Gasteiger partial charge >= 0.3 is 6.03 Å². The van der Waals surface area contributed by atoms with Gasteiger partial charge in [0, 0.05) is 30.1 Å². The molecule has 0 saturated heterocycles. The summed E-state index contributed by atoms with van der Waals surface area (Å²) >= 11 is 1.65. The number of benzene rings is 1. The number of carbonyl (C=O) groups is 1. The van der Waals surface area contributed by atoms with Gasteiger partial charge in [0.2, 0.25) is 0 Å². The van der Waals surface area contributed by atoms with Crippen molar-refractivity contribution in [2.45, 2.75) is 26.8 Å². The quantitative estimate of drug-likeness (QED) is 0.688. The molecule has 3 aromatic rings. The zero-order chi connectivity index (χ0) is 18.5. The van der Waals surface area contributed by atoms with Gasteiger partial charge in [0.15, 0.2) is 0 Å². The van der Waals surface area contributed by atoms with E-state index < -0.39 is 0 Å². The smallest absolute Gasteiger partial charge is 0.319 e. The molecule has 2 amide bonds. The van der Waals surface area contributed by atoms with E-state index in [9.17, 15) is 9.59 Å². The third kappa shape index (κ3) is 4.32. The minimum absolute atomic E-state index is 0.0299. The molecule has 2 heterocycles. The molecular formula is C20H23N3O2S. The third-order valence-corrected chi connectivity index (χ3v) is 4.81. The zero-order valence-corrected chi connectivity index (χ0v) is 15.8. The average Bonchev–Trinajstić information content (AvgIpc) is 3.12. The molecule has 0 spiro atoms. The van der Waals surface area contributed by atoms with E-state index in [0.717, 1.165) is 11.8 Å². The van der Waals surface area contributed by atoms with E-state index in [4.69, 9.17) is 0 Å². The third-order valence-electron chi connectivity index (χ3n) is 4.08. The molecule has 2 aromatic heterocycles. The predicted octanol–water partition coefficient (Wildman–Crippen LogP) is 4.08. The van der Waals surface area contributed by atoms with Crippen molar-refractivity contribution in [3.63, 3.8) is 0 Å². The first-order chi connectivity index (χ1) is 12.5. The van der Waals surface area contributed by atoms with Crippen LogP contribution in [0.25, 0.3) is 10.8 Å². The van der Waals surface area contributed by atoms with Crippen LogP contribution in [0.4, 0.5) is 10.5 Å². The van der Waals surface area contributed by atoms with Crippen LogP contribution in [0.15, 0.2) is 52.1 Å². The van der Waals surface area contributed by atoms with Gasteiger partial charge in [-0.2, -0.15) is 11.3 Å². The fourth-order valence-electron chi connectivity index (χ4n) is 2.89. The summed E-state index contributed by atoms with van der Waals surface area (Å²) in [5.41, 5.74) is 1.83. The molecule has 0 aliphatic carbocycles. The van der Waals surface area contributed by atoms with E-state index in [1.165, 1.54) is 5.56 Å². The fourth-order valence-corrected chi connectivity index (χ4v) is 3.60. The number of anilines is 1. The second kappa shape index (κ2) is 8.19. The monoisotopic (exact) mass is 369 g/mol. The summed E-state index contributed by atoms with van der Waals surface area (Å²) in [5, 5.41) is 11.3. The second-order valence-electron chi connectivity index (χ2n) is 6.70. The minimum atomic E-state index is -0.264. The first-order valence-corrected chi connectivity index (χ1v) is 9.67. The molecule has 6 heteroatoms. The number of aromatic nitrogens is 1. The maximum atomic E-state index is 12.6. The standard InChI is InChI=1S/C20H23N3O2S/c1-14(2)11-23-12-18(16-5-3-4-6-17(16)19(23)24)22-20(25)21-9-7-15-8-10-26-13-15/h3-6,8,10,12-14H,7,9,11H2,1-2H3,(H2,21,22,25). The molecular weight excluding hydrogens is 346 g/mol. The number of nitrogens with zero attached hydrogens (tertiary/aromatic N) is 1. The summed E-state index contributed by atoms with van der Waals surface area (Å²) in [6.45, 7) is 5.29. The lowest BCUT2D eigenvalue weighted by Gasteiger charge is -2.15. The molecule has 0 bridgehead atoms. The summed E-state index contributed by atoms with van der Waals surface area (Å²) in [5.74, 6) is 0.334. The van der Waals surface area contributed by atoms with Crippen LogP contribution < -0.4 is 16.2 Å². The van der Waals surface area contributed by atoms with Gasteiger partial charge in [0.1, 0.15) is 0 Å².